The van der Waals surface area contributed by atoms with Crippen molar-refractivity contribution in [3.8, 4) is 0 Å². The quantitative estimate of drug-likeness (QED) is 0.732. The first kappa shape index (κ1) is 15.1. The second-order valence-corrected chi connectivity index (χ2v) is 6.81. The number of carbonyl (C=O) groups excluding carboxylic acids is 2. The molecule has 2 aliphatic rings. The zero-order chi connectivity index (χ0) is 15.1. The van der Waals surface area contributed by atoms with Gasteiger partial charge in [0, 0.05) is 18.5 Å². The molecule has 2 unspecified atom stereocenters. The van der Waals surface area contributed by atoms with Gasteiger partial charge in [-0.1, -0.05) is 0 Å². The van der Waals surface area contributed by atoms with Gasteiger partial charge in [0.25, 0.3) is 0 Å². The zero-order valence-corrected chi connectivity index (χ0v) is 12.5. The van der Waals surface area contributed by atoms with Gasteiger partial charge in [0.05, 0.1) is 19.1 Å². The Kier molecular flexibility index (Phi) is 3.71. The molecule has 20 heavy (non-hydrogen) atoms. The highest BCUT2D eigenvalue weighted by Gasteiger charge is 2.60. The molecule has 1 saturated carbocycles. The topological polar surface area (TPSA) is 76.1 Å². The van der Waals surface area contributed by atoms with E-state index in [0.29, 0.717) is 19.5 Å². The standard InChI is InChI=1S/C14H23NO5/c1-13(2,3)20-12(18)15-7-14(8-15)6-5-9(16)10(14)11(17)19-4/h9-10,16H,5-8H2,1-4H3. The van der Waals surface area contributed by atoms with Gasteiger partial charge in [-0.25, -0.2) is 4.79 Å². The Morgan fingerprint density at radius 2 is 1.90 bits per heavy atom. The third kappa shape index (κ3) is 2.61. The average molecular weight is 285 g/mol. The van der Waals surface area contributed by atoms with Crippen molar-refractivity contribution in [1.82, 2.24) is 4.90 Å². The van der Waals surface area contributed by atoms with Gasteiger partial charge in [-0.2, -0.15) is 0 Å². The normalized spacial score (nSPS) is 28.1. The van der Waals surface area contributed by atoms with Crippen molar-refractivity contribution < 1.29 is 24.2 Å². The number of esters is 1. The number of rotatable bonds is 1. The highest BCUT2D eigenvalue weighted by Crippen LogP contribution is 2.50. The molecule has 0 aromatic carbocycles. The SMILES string of the molecule is COC(=O)C1C(O)CCC12CN(C(=O)OC(C)(C)C)C2. The molecule has 1 N–H and O–H groups in total. The number of ether oxygens (including phenoxy) is 2. The molecule has 0 aromatic heterocycles. The van der Waals surface area contributed by atoms with Gasteiger partial charge >= 0.3 is 12.1 Å². The van der Waals surface area contributed by atoms with Gasteiger partial charge in [-0.3, -0.25) is 4.79 Å². The lowest BCUT2D eigenvalue weighted by Crippen LogP contribution is -2.62. The molecule has 1 saturated heterocycles. The van der Waals surface area contributed by atoms with Crippen LogP contribution in [0.25, 0.3) is 0 Å². The molecule has 1 amide bonds. The number of hydrogen-bond acceptors (Lipinski definition) is 5. The van der Waals surface area contributed by atoms with Crippen LogP contribution >= 0.6 is 0 Å². The fraction of sp³-hybridized carbons (Fsp3) is 0.857. The number of carbonyl (C=O) groups is 2. The van der Waals surface area contributed by atoms with Crippen molar-refractivity contribution in [3.63, 3.8) is 0 Å². The Morgan fingerprint density at radius 3 is 2.40 bits per heavy atom. The number of likely N-dealkylation sites (tertiary alicyclic amines) is 1. The van der Waals surface area contributed by atoms with Crippen LogP contribution in [0.15, 0.2) is 0 Å². The molecule has 0 bridgehead atoms. The second kappa shape index (κ2) is 4.91. The van der Waals surface area contributed by atoms with Crippen molar-refractivity contribution in [2.45, 2.75) is 45.3 Å². The van der Waals surface area contributed by atoms with E-state index in [1.165, 1.54) is 7.11 Å². The molecule has 0 aromatic rings. The van der Waals surface area contributed by atoms with Crippen LogP contribution in [-0.4, -0.2) is 54.0 Å². The lowest BCUT2D eigenvalue weighted by Gasteiger charge is -2.50. The van der Waals surface area contributed by atoms with Crippen molar-refractivity contribution in [1.29, 1.82) is 0 Å². The van der Waals surface area contributed by atoms with Crippen LogP contribution < -0.4 is 0 Å². The predicted molar refractivity (Wildman–Crippen MR) is 71.0 cm³/mol. The van der Waals surface area contributed by atoms with Crippen LogP contribution in [0.1, 0.15) is 33.6 Å². The predicted octanol–water partition coefficient (Wildman–Crippen LogP) is 1.17. The van der Waals surface area contributed by atoms with E-state index >= 15 is 0 Å². The summed E-state index contributed by atoms with van der Waals surface area (Å²) in [5.41, 5.74) is -0.875. The van der Waals surface area contributed by atoms with Crippen LogP contribution in [-0.2, 0) is 14.3 Å². The van der Waals surface area contributed by atoms with Crippen LogP contribution in [0, 0.1) is 11.3 Å². The third-order valence-electron chi connectivity index (χ3n) is 4.10. The minimum atomic E-state index is -0.678. The Hall–Kier alpha value is -1.30. The average Bonchev–Trinajstić information content (AvgIpc) is 2.61. The van der Waals surface area contributed by atoms with Gasteiger partial charge < -0.3 is 19.5 Å². The van der Waals surface area contributed by atoms with Crippen molar-refractivity contribution in [2.24, 2.45) is 11.3 Å². The summed E-state index contributed by atoms with van der Waals surface area (Å²) in [7, 11) is 1.32. The van der Waals surface area contributed by atoms with E-state index in [0.717, 1.165) is 6.42 Å². The van der Waals surface area contributed by atoms with Crippen LogP contribution in [0.2, 0.25) is 0 Å². The van der Waals surface area contributed by atoms with Crippen molar-refractivity contribution in [2.75, 3.05) is 20.2 Å². The van der Waals surface area contributed by atoms with E-state index in [-0.39, 0.29) is 17.5 Å². The van der Waals surface area contributed by atoms with E-state index < -0.39 is 17.6 Å². The number of nitrogens with zero attached hydrogens (tertiary/aromatic N) is 1. The molecule has 1 spiro atoms. The molecular formula is C14H23NO5. The summed E-state index contributed by atoms with van der Waals surface area (Å²) >= 11 is 0. The Morgan fingerprint density at radius 1 is 1.30 bits per heavy atom. The van der Waals surface area contributed by atoms with Gasteiger partial charge in [-0.05, 0) is 33.6 Å². The third-order valence-corrected chi connectivity index (χ3v) is 4.10. The number of aliphatic hydroxyl groups is 1. The Bertz CT molecular complexity index is 408. The molecule has 2 atom stereocenters. The molecule has 0 radical (unpaired) electrons. The summed E-state index contributed by atoms with van der Waals surface area (Å²) in [5, 5.41) is 9.97. The maximum absolute atomic E-state index is 11.9. The minimum absolute atomic E-state index is 0.344. The Balaban J connectivity index is 2.00. The Labute approximate surface area is 119 Å². The molecule has 1 aliphatic carbocycles. The lowest BCUT2D eigenvalue weighted by atomic mass is 9.71. The molecule has 6 heteroatoms. The summed E-state index contributed by atoms with van der Waals surface area (Å²) in [4.78, 5) is 25.3. The van der Waals surface area contributed by atoms with E-state index in [9.17, 15) is 14.7 Å². The maximum Gasteiger partial charge on any atom is 0.410 e. The van der Waals surface area contributed by atoms with Crippen LogP contribution in [0.5, 0.6) is 0 Å². The fourth-order valence-electron chi connectivity index (χ4n) is 3.22. The number of aliphatic hydroxyl groups excluding tert-OH is 1. The zero-order valence-electron chi connectivity index (χ0n) is 12.5. The van der Waals surface area contributed by atoms with Crippen LogP contribution in [0.3, 0.4) is 0 Å². The molecule has 2 fully saturated rings. The molecule has 2 rings (SSSR count). The van der Waals surface area contributed by atoms with Gasteiger partial charge in [0.2, 0.25) is 0 Å². The van der Waals surface area contributed by atoms with E-state index in [4.69, 9.17) is 9.47 Å². The van der Waals surface area contributed by atoms with E-state index in [1.54, 1.807) is 4.90 Å². The number of methoxy groups -OCH3 is 1. The monoisotopic (exact) mass is 285 g/mol. The van der Waals surface area contributed by atoms with Gasteiger partial charge in [0.15, 0.2) is 0 Å². The summed E-state index contributed by atoms with van der Waals surface area (Å²) < 4.78 is 10.1. The first-order valence-corrected chi connectivity index (χ1v) is 6.92. The highest BCUT2D eigenvalue weighted by atomic mass is 16.6. The summed E-state index contributed by atoms with van der Waals surface area (Å²) in [6.07, 6.45) is 0.256. The maximum atomic E-state index is 11.9. The summed E-state index contributed by atoms with van der Waals surface area (Å²) in [5.74, 6) is -0.926. The highest BCUT2D eigenvalue weighted by molar-refractivity contribution is 5.76. The molecular weight excluding hydrogens is 262 g/mol. The van der Waals surface area contributed by atoms with Gasteiger partial charge in [0.1, 0.15) is 5.60 Å². The first-order chi connectivity index (χ1) is 9.18. The first-order valence-electron chi connectivity index (χ1n) is 6.92. The molecule has 114 valence electrons. The smallest absolute Gasteiger partial charge is 0.410 e. The second-order valence-electron chi connectivity index (χ2n) is 6.81. The number of amides is 1. The summed E-state index contributed by atoms with van der Waals surface area (Å²) in [6, 6.07) is 0. The van der Waals surface area contributed by atoms with Crippen molar-refractivity contribution >= 4 is 12.1 Å². The minimum Gasteiger partial charge on any atom is -0.469 e. The van der Waals surface area contributed by atoms with Crippen molar-refractivity contribution in [3.05, 3.63) is 0 Å². The lowest BCUT2D eigenvalue weighted by molar-refractivity contribution is -0.159. The fourth-order valence-corrected chi connectivity index (χ4v) is 3.22. The van der Waals surface area contributed by atoms with Gasteiger partial charge in [-0.15, -0.1) is 0 Å². The van der Waals surface area contributed by atoms with E-state index in [1.807, 2.05) is 20.8 Å². The largest absolute Gasteiger partial charge is 0.469 e. The van der Waals surface area contributed by atoms with E-state index in [2.05, 4.69) is 0 Å². The molecule has 1 heterocycles. The summed E-state index contributed by atoms with van der Waals surface area (Å²) in [6.45, 7) is 6.34. The number of hydrogen-bond donors (Lipinski definition) is 1. The molecule has 6 nitrogen and oxygen atoms in total. The van der Waals surface area contributed by atoms with Crippen LogP contribution in [0.4, 0.5) is 4.79 Å². The molecule has 1 aliphatic heterocycles.